The van der Waals surface area contributed by atoms with Crippen molar-refractivity contribution < 1.29 is 4.74 Å². The number of nitrogens with one attached hydrogen (secondary N) is 1. The van der Waals surface area contributed by atoms with Crippen molar-refractivity contribution in [2.45, 2.75) is 38.9 Å². The summed E-state index contributed by atoms with van der Waals surface area (Å²) in [5, 5.41) is 4.33. The van der Waals surface area contributed by atoms with Crippen molar-refractivity contribution in [2.24, 2.45) is 0 Å². The molecule has 1 aliphatic heterocycles. The first-order valence-electron chi connectivity index (χ1n) is 10.8. The summed E-state index contributed by atoms with van der Waals surface area (Å²) < 4.78 is 7.69. The second-order valence-corrected chi connectivity index (χ2v) is 8.45. The number of nitrogens with zero attached hydrogens (tertiary/aromatic N) is 3. The van der Waals surface area contributed by atoms with E-state index in [4.69, 9.17) is 17.0 Å². The Hall–Kier alpha value is -2.70. The van der Waals surface area contributed by atoms with E-state index >= 15 is 0 Å². The van der Waals surface area contributed by atoms with Crippen LogP contribution >= 0.6 is 12.2 Å². The van der Waals surface area contributed by atoms with Gasteiger partial charge < -0.3 is 19.5 Å². The van der Waals surface area contributed by atoms with Crippen LogP contribution in [0.5, 0.6) is 0 Å². The molecule has 0 radical (unpaired) electrons. The van der Waals surface area contributed by atoms with Crippen LogP contribution in [0, 0.1) is 13.8 Å². The van der Waals surface area contributed by atoms with E-state index < -0.39 is 0 Å². The molecule has 3 heterocycles. The molecule has 6 heteroatoms. The Kier molecular flexibility index (Phi) is 6.68. The third kappa shape index (κ3) is 4.50. The summed E-state index contributed by atoms with van der Waals surface area (Å²) in [5.41, 5.74) is 6.14. The van der Waals surface area contributed by atoms with Crippen LogP contribution in [0.2, 0.25) is 0 Å². The molecular formula is C25H30N4OS. The third-order valence-electron chi connectivity index (χ3n) is 6.06. The Morgan fingerprint density at radius 3 is 2.58 bits per heavy atom. The topological polar surface area (TPSA) is 42.3 Å². The molecular weight excluding hydrogens is 404 g/mol. The summed E-state index contributed by atoms with van der Waals surface area (Å²) >= 11 is 5.77. The van der Waals surface area contributed by atoms with Crippen LogP contribution in [0.25, 0.3) is 0 Å². The van der Waals surface area contributed by atoms with Gasteiger partial charge in [0, 0.05) is 44.4 Å². The first-order valence-corrected chi connectivity index (χ1v) is 11.2. The summed E-state index contributed by atoms with van der Waals surface area (Å²) in [6.07, 6.45) is 2.77. The van der Waals surface area contributed by atoms with Crippen LogP contribution in [-0.2, 0) is 11.3 Å². The highest BCUT2D eigenvalue weighted by Crippen LogP contribution is 2.40. The highest BCUT2D eigenvalue weighted by atomic mass is 32.1. The van der Waals surface area contributed by atoms with Crippen molar-refractivity contribution in [1.29, 1.82) is 0 Å². The van der Waals surface area contributed by atoms with Gasteiger partial charge >= 0.3 is 0 Å². The Balaban J connectivity index is 1.72. The Bertz CT molecular complexity index is 1020. The minimum absolute atomic E-state index is 0.0157. The van der Waals surface area contributed by atoms with Crippen molar-refractivity contribution in [1.82, 2.24) is 19.8 Å². The first kappa shape index (κ1) is 21.5. The van der Waals surface area contributed by atoms with Gasteiger partial charge in [-0.05, 0) is 61.8 Å². The van der Waals surface area contributed by atoms with E-state index in [9.17, 15) is 0 Å². The van der Waals surface area contributed by atoms with Crippen molar-refractivity contribution in [3.63, 3.8) is 0 Å². The third-order valence-corrected chi connectivity index (χ3v) is 6.41. The van der Waals surface area contributed by atoms with Crippen LogP contribution < -0.4 is 5.32 Å². The monoisotopic (exact) mass is 434 g/mol. The van der Waals surface area contributed by atoms with Gasteiger partial charge in [0.05, 0.1) is 17.8 Å². The summed E-state index contributed by atoms with van der Waals surface area (Å²) in [5.74, 6) is 0. The van der Waals surface area contributed by atoms with Gasteiger partial charge in [-0.1, -0.05) is 36.4 Å². The Morgan fingerprint density at radius 1 is 1.10 bits per heavy atom. The van der Waals surface area contributed by atoms with E-state index in [1.165, 1.54) is 22.5 Å². The maximum atomic E-state index is 5.77. The van der Waals surface area contributed by atoms with Crippen LogP contribution in [-0.4, -0.2) is 39.8 Å². The summed E-state index contributed by atoms with van der Waals surface area (Å²) in [7, 11) is 1.74. The van der Waals surface area contributed by atoms with Crippen molar-refractivity contribution >= 4 is 17.3 Å². The number of hydrogen-bond acceptors (Lipinski definition) is 3. The van der Waals surface area contributed by atoms with Gasteiger partial charge in [0.15, 0.2) is 5.11 Å². The molecule has 0 aliphatic carbocycles. The van der Waals surface area contributed by atoms with Crippen LogP contribution in [0.15, 0.2) is 60.8 Å². The zero-order valence-electron chi connectivity index (χ0n) is 18.4. The Labute approximate surface area is 190 Å². The fourth-order valence-corrected chi connectivity index (χ4v) is 4.83. The normalized spacial score (nSPS) is 18.4. The number of thiocarbonyl (C=S) groups is 1. The van der Waals surface area contributed by atoms with E-state index in [-0.39, 0.29) is 12.1 Å². The molecule has 3 aromatic rings. The lowest BCUT2D eigenvalue weighted by molar-refractivity contribution is 0.180. The van der Waals surface area contributed by atoms with Gasteiger partial charge in [0.1, 0.15) is 0 Å². The predicted molar refractivity (Wildman–Crippen MR) is 128 cm³/mol. The maximum absolute atomic E-state index is 5.77. The highest BCUT2D eigenvalue weighted by molar-refractivity contribution is 7.80. The van der Waals surface area contributed by atoms with E-state index in [0.717, 1.165) is 30.3 Å². The second-order valence-electron chi connectivity index (χ2n) is 8.06. The number of hydrogen-bond donors (Lipinski definition) is 1. The van der Waals surface area contributed by atoms with E-state index in [1.54, 1.807) is 7.11 Å². The van der Waals surface area contributed by atoms with E-state index in [0.29, 0.717) is 6.61 Å². The molecule has 0 unspecified atom stereocenters. The lowest BCUT2D eigenvalue weighted by atomic mass is 9.96. The molecule has 0 saturated carbocycles. The molecule has 0 amide bonds. The molecule has 162 valence electrons. The highest BCUT2D eigenvalue weighted by Gasteiger charge is 2.41. The molecule has 4 rings (SSSR count). The number of pyridine rings is 1. The van der Waals surface area contributed by atoms with Gasteiger partial charge in [0.25, 0.3) is 0 Å². The van der Waals surface area contributed by atoms with Crippen molar-refractivity contribution in [2.75, 3.05) is 20.3 Å². The SMILES string of the molecule is COCCCN1C(=S)N[C@H](c2ccccn2)[C@@H]1c1cc(C)n(Cc2ccccc2)c1C. The molecule has 1 aliphatic rings. The van der Waals surface area contributed by atoms with Gasteiger partial charge in [-0.25, -0.2) is 0 Å². The van der Waals surface area contributed by atoms with Gasteiger partial charge in [0.2, 0.25) is 0 Å². The molecule has 1 saturated heterocycles. The lowest BCUT2D eigenvalue weighted by Gasteiger charge is -2.28. The number of aryl methyl sites for hydroxylation is 1. The summed E-state index contributed by atoms with van der Waals surface area (Å²) in [6.45, 7) is 6.82. The molecule has 1 N–H and O–H groups in total. The maximum Gasteiger partial charge on any atom is 0.170 e. The second kappa shape index (κ2) is 9.62. The molecule has 1 aromatic carbocycles. The molecule has 5 nitrogen and oxygen atoms in total. The first-order chi connectivity index (χ1) is 15.1. The van der Waals surface area contributed by atoms with Crippen molar-refractivity contribution in [3.05, 3.63) is 89.0 Å². The molecule has 1 fully saturated rings. The Morgan fingerprint density at radius 2 is 1.87 bits per heavy atom. The van der Waals surface area contributed by atoms with Crippen LogP contribution in [0.3, 0.4) is 0 Å². The smallest absolute Gasteiger partial charge is 0.170 e. The molecule has 0 spiro atoms. The minimum atomic E-state index is 0.0157. The summed E-state index contributed by atoms with van der Waals surface area (Å²) in [6, 6.07) is 19.1. The van der Waals surface area contributed by atoms with Gasteiger partial charge in [-0.2, -0.15) is 0 Å². The van der Waals surface area contributed by atoms with Gasteiger partial charge in [-0.3, -0.25) is 4.98 Å². The van der Waals surface area contributed by atoms with Crippen LogP contribution in [0.1, 0.15) is 46.7 Å². The largest absolute Gasteiger partial charge is 0.385 e. The zero-order chi connectivity index (χ0) is 21.8. The fraction of sp³-hybridized carbons (Fsp3) is 0.360. The molecule has 31 heavy (non-hydrogen) atoms. The zero-order valence-corrected chi connectivity index (χ0v) is 19.2. The number of rotatable bonds is 8. The summed E-state index contributed by atoms with van der Waals surface area (Å²) in [4.78, 5) is 6.96. The standard InChI is InChI=1S/C25H30N4OS/c1-18-16-21(19(2)29(18)17-20-10-5-4-6-11-20)24-23(22-12-7-8-13-26-22)27-25(31)28(24)14-9-15-30-3/h4-8,10-13,16,23-24H,9,14-15,17H2,1-3H3,(H,27,31)/t23-,24+/m1/s1. The number of benzene rings is 1. The molecule has 2 atom stereocenters. The van der Waals surface area contributed by atoms with E-state index in [1.807, 2.05) is 18.3 Å². The average molecular weight is 435 g/mol. The number of aromatic nitrogens is 2. The average Bonchev–Trinajstić information content (AvgIpc) is 3.26. The predicted octanol–water partition coefficient (Wildman–Crippen LogP) is 4.56. The van der Waals surface area contributed by atoms with Crippen molar-refractivity contribution in [3.8, 4) is 0 Å². The minimum Gasteiger partial charge on any atom is -0.385 e. The molecule has 0 bridgehead atoms. The number of methoxy groups -OCH3 is 1. The van der Waals surface area contributed by atoms with Gasteiger partial charge in [-0.15, -0.1) is 0 Å². The fourth-order valence-electron chi connectivity index (χ4n) is 4.50. The van der Waals surface area contributed by atoms with E-state index in [2.05, 4.69) is 76.1 Å². The quantitative estimate of drug-likeness (QED) is 0.416. The lowest BCUT2D eigenvalue weighted by Crippen LogP contribution is -2.31. The van der Waals surface area contributed by atoms with Crippen LogP contribution in [0.4, 0.5) is 0 Å². The number of ether oxygens (including phenoxy) is 1. The molecule has 2 aromatic heterocycles.